The smallest absolute Gasteiger partial charge is 0.382 e. The van der Waals surface area contributed by atoms with E-state index >= 15 is 0 Å². The molecule has 108 valence electrons. The van der Waals surface area contributed by atoms with Gasteiger partial charge in [0.2, 0.25) is 0 Å². The molecule has 19 heavy (non-hydrogen) atoms. The Bertz CT molecular complexity index is 374. The van der Waals surface area contributed by atoms with Crippen LogP contribution >= 0.6 is 0 Å². The SMILES string of the molecule is CCCCCCC(C)Nc1ccccc1C(F)(F)F. The molecule has 0 aromatic heterocycles. The van der Waals surface area contributed by atoms with Gasteiger partial charge < -0.3 is 5.32 Å². The molecule has 1 unspecified atom stereocenters. The van der Waals surface area contributed by atoms with Gasteiger partial charge in [-0.1, -0.05) is 44.7 Å². The maximum atomic E-state index is 12.8. The number of halogens is 3. The maximum Gasteiger partial charge on any atom is 0.418 e. The molecule has 0 aliphatic rings. The van der Waals surface area contributed by atoms with Gasteiger partial charge in [0.25, 0.3) is 0 Å². The zero-order valence-corrected chi connectivity index (χ0v) is 11.6. The third-order valence-corrected chi connectivity index (χ3v) is 3.13. The minimum absolute atomic E-state index is 0.0559. The van der Waals surface area contributed by atoms with Crippen molar-refractivity contribution in [1.82, 2.24) is 0 Å². The normalized spacial score (nSPS) is 13.3. The summed E-state index contributed by atoms with van der Waals surface area (Å²) in [5.74, 6) is 0. The molecule has 0 amide bonds. The zero-order chi connectivity index (χ0) is 14.3. The quantitative estimate of drug-likeness (QED) is 0.649. The number of anilines is 1. The predicted octanol–water partition coefficient (Wildman–Crippen LogP) is 5.48. The first-order valence-electron chi connectivity index (χ1n) is 6.88. The van der Waals surface area contributed by atoms with Crippen LogP contribution in [0, 0.1) is 0 Å². The molecule has 0 saturated heterocycles. The van der Waals surface area contributed by atoms with E-state index in [2.05, 4.69) is 12.2 Å². The highest BCUT2D eigenvalue weighted by Crippen LogP contribution is 2.34. The van der Waals surface area contributed by atoms with E-state index in [9.17, 15) is 13.2 Å². The van der Waals surface area contributed by atoms with Crippen LogP contribution in [0.4, 0.5) is 18.9 Å². The number of hydrogen-bond donors (Lipinski definition) is 1. The Morgan fingerprint density at radius 3 is 2.42 bits per heavy atom. The minimum atomic E-state index is -4.30. The molecule has 4 heteroatoms. The molecule has 0 radical (unpaired) electrons. The van der Waals surface area contributed by atoms with Gasteiger partial charge in [-0.15, -0.1) is 0 Å². The van der Waals surface area contributed by atoms with Crippen LogP contribution in [0.15, 0.2) is 24.3 Å². The fourth-order valence-electron chi connectivity index (χ4n) is 2.07. The van der Waals surface area contributed by atoms with Crippen LogP contribution in [0.5, 0.6) is 0 Å². The van der Waals surface area contributed by atoms with Gasteiger partial charge in [-0.2, -0.15) is 13.2 Å². The lowest BCUT2D eigenvalue weighted by Gasteiger charge is -2.19. The molecule has 1 aromatic carbocycles. The van der Waals surface area contributed by atoms with Gasteiger partial charge in [0.1, 0.15) is 0 Å². The summed E-state index contributed by atoms with van der Waals surface area (Å²) >= 11 is 0. The molecule has 1 atom stereocenters. The summed E-state index contributed by atoms with van der Waals surface area (Å²) in [4.78, 5) is 0. The molecule has 1 nitrogen and oxygen atoms in total. The Kier molecular flexibility index (Phi) is 6.19. The molecular weight excluding hydrogens is 251 g/mol. The summed E-state index contributed by atoms with van der Waals surface area (Å²) in [5, 5.41) is 2.97. The van der Waals surface area contributed by atoms with Crippen LogP contribution in [-0.4, -0.2) is 6.04 Å². The number of hydrogen-bond acceptors (Lipinski definition) is 1. The van der Waals surface area contributed by atoms with Crippen LogP contribution in [-0.2, 0) is 6.18 Å². The van der Waals surface area contributed by atoms with Gasteiger partial charge >= 0.3 is 6.18 Å². The van der Waals surface area contributed by atoms with Crippen LogP contribution in [0.25, 0.3) is 0 Å². The summed E-state index contributed by atoms with van der Waals surface area (Å²) in [7, 11) is 0. The van der Waals surface area contributed by atoms with E-state index in [1.54, 1.807) is 6.07 Å². The first kappa shape index (κ1) is 15.9. The number of benzene rings is 1. The number of unbranched alkanes of at least 4 members (excludes halogenated alkanes) is 3. The molecule has 0 spiro atoms. The topological polar surface area (TPSA) is 12.0 Å². The number of para-hydroxylation sites is 1. The highest BCUT2D eigenvalue weighted by atomic mass is 19.4. The van der Waals surface area contributed by atoms with Crippen molar-refractivity contribution in [2.75, 3.05) is 5.32 Å². The number of alkyl halides is 3. The second-order valence-electron chi connectivity index (χ2n) is 4.94. The second kappa shape index (κ2) is 7.41. The lowest BCUT2D eigenvalue weighted by Crippen LogP contribution is -2.18. The van der Waals surface area contributed by atoms with E-state index in [0.717, 1.165) is 25.3 Å². The van der Waals surface area contributed by atoms with Gasteiger partial charge in [0, 0.05) is 11.7 Å². The van der Waals surface area contributed by atoms with Crippen LogP contribution in [0.3, 0.4) is 0 Å². The van der Waals surface area contributed by atoms with Crippen molar-refractivity contribution in [2.24, 2.45) is 0 Å². The standard InChI is InChI=1S/C15H22F3N/c1-3-4-5-6-9-12(2)19-14-11-8-7-10-13(14)15(16,17)18/h7-8,10-12,19H,3-6,9H2,1-2H3. The van der Waals surface area contributed by atoms with Crippen LogP contribution in [0.1, 0.15) is 51.5 Å². The predicted molar refractivity (Wildman–Crippen MR) is 73.3 cm³/mol. The summed E-state index contributed by atoms with van der Waals surface area (Å²) < 4.78 is 38.4. The van der Waals surface area contributed by atoms with E-state index in [0.29, 0.717) is 0 Å². The van der Waals surface area contributed by atoms with Gasteiger partial charge in [-0.25, -0.2) is 0 Å². The van der Waals surface area contributed by atoms with Crippen molar-refractivity contribution in [3.8, 4) is 0 Å². The maximum absolute atomic E-state index is 12.8. The van der Waals surface area contributed by atoms with Gasteiger partial charge in [-0.05, 0) is 25.5 Å². The molecule has 0 heterocycles. The van der Waals surface area contributed by atoms with Gasteiger partial charge in [-0.3, -0.25) is 0 Å². The Hall–Kier alpha value is -1.19. The average molecular weight is 273 g/mol. The Balaban J connectivity index is 2.57. The molecule has 0 saturated carbocycles. The first-order valence-corrected chi connectivity index (χ1v) is 6.88. The highest BCUT2D eigenvalue weighted by molar-refractivity contribution is 5.53. The average Bonchev–Trinajstić information content (AvgIpc) is 2.34. The lowest BCUT2D eigenvalue weighted by atomic mass is 10.1. The minimum Gasteiger partial charge on any atom is -0.382 e. The summed E-state index contributed by atoms with van der Waals surface area (Å²) in [6.45, 7) is 4.07. The molecule has 1 rings (SSSR count). The largest absolute Gasteiger partial charge is 0.418 e. The fraction of sp³-hybridized carbons (Fsp3) is 0.600. The van der Waals surface area contributed by atoms with E-state index in [-0.39, 0.29) is 11.7 Å². The molecule has 1 aromatic rings. The molecule has 0 bridgehead atoms. The van der Waals surface area contributed by atoms with E-state index < -0.39 is 11.7 Å². The molecule has 1 N–H and O–H groups in total. The van der Waals surface area contributed by atoms with Crippen molar-refractivity contribution >= 4 is 5.69 Å². The third-order valence-electron chi connectivity index (χ3n) is 3.13. The Morgan fingerprint density at radius 2 is 1.79 bits per heavy atom. The number of nitrogens with one attached hydrogen (secondary N) is 1. The highest BCUT2D eigenvalue weighted by Gasteiger charge is 2.33. The number of rotatable bonds is 7. The zero-order valence-electron chi connectivity index (χ0n) is 11.6. The molecule has 0 aliphatic heterocycles. The van der Waals surface area contributed by atoms with Crippen molar-refractivity contribution < 1.29 is 13.2 Å². The monoisotopic (exact) mass is 273 g/mol. The first-order chi connectivity index (χ1) is 8.95. The van der Waals surface area contributed by atoms with Crippen molar-refractivity contribution in [2.45, 2.75) is 58.2 Å². The molecular formula is C15H22F3N. The van der Waals surface area contributed by atoms with Crippen LogP contribution < -0.4 is 5.32 Å². The summed E-state index contributed by atoms with van der Waals surface area (Å²) in [5.41, 5.74) is -0.409. The lowest BCUT2D eigenvalue weighted by molar-refractivity contribution is -0.137. The van der Waals surface area contributed by atoms with Crippen molar-refractivity contribution in [3.63, 3.8) is 0 Å². The van der Waals surface area contributed by atoms with E-state index in [4.69, 9.17) is 0 Å². The van der Waals surface area contributed by atoms with Crippen LogP contribution in [0.2, 0.25) is 0 Å². The Morgan fingerprint density at radius 1 is 1.11 bits per heavy atom. The van der Waals surface area contributed by atoms with E-state index in [1.165, 1.54) is 25.0 Å². The van der Waals surface area contributed by atoms with Crippen molar-refractivity contribution in [3.05, 3.63) is 29.8 Å². The molecule has 0 aliphatic carbocycles. The summed E-state index contributed by atoms with van der Waals surface area (Å²) in [6, 6.07) is 5.71. The van der Waals surface area contributed by atoms with E-state index in [1.807, 2.05) is 6.92 Å². The molecule has 0 fully saturated rings. The van der Waals surface area contributed by atoms with Gasteiger partial charge in [0.05, 0.1) is 5.56 Å². The van der Waals surface area contributed by atoms with Gasteiger partial charge in [0.15, 0.2) is 0 Å². The second-order valence-corrected chi connectivity index (χ2v) is 4.94. The summed E-state index contributed by atoms with van der Waals surface area (Å²) in [6.07, 6.45) is 1.14. The third kappa shape index (κ3) is 5.53. The Labute approximate surface area is 113 Å². The van der Waals surface area contributed by atoms with Crippen molar-refractivity contribution in [1.29, 1.82) is 0 Å². The fourth-order valence-corrected chi connectivity index (χ4v) is 2.07.